The van der Waals surface area contributed by atoms with E-state index in [9.17, 15) is 0 Å². The monoisotopic (exact) mass is 311 g/mol. The maximum atomic E-state index is 5.73. The smallest absolute Gasteiger partial charge is 0.0794 e. The van der Waals surface area contributed by atoms with Crippen LogP contribution in [0.25, 0.3) is 0 Å². The first kappa shape index (κ1) is 12.5. The predicted octanol–water partition coefficient (Wildman–Crippen LogP) is 2.82. The van der Waals surface area contributed by atoms with Crippen LogP contribution in [0.5, 0.6) is 0 Å². The topological polar surface area (TPSA) is 50.9 Å². The van der Waals surface area contributed by atoms with Crippen LogP contribution in [0.4, 0.5) is 5.69 Å². The molecule has 0 spiro atoms. The zero-order valence-corrected chi connectivity index (χ0v) is 11.7. The summed E-state index contributed by atoms with van der Waals surface area (Å²) in [6.45, 7) is 1.79. The Balaban J connectivity index is 1.76. The van der Waals surface area contributed by atoms with Crippen molar-refractivity contribution >= 4 is 33.0 Å². The Bertz CT molecular complexity index is 471. The number of benzene rings is 1. The second-order valence-electron chi connectivity index (χ2n) is 3.76. The molecule has 3 nitrogen and oxygen atoms in total. The van der Waals surface area contributed by atoms with E-state index in [1.165, 1.54) is 5.56 Å². The first-order chi connectivity index (χ1) is 8.25. The Morgan fingerprint density at radius 2 is 2.29 bits per heavy atom. The molecule has 0 fully saturated rings. The van der Waals surface area contributed by atoms with E-state index in [1.54, 1.807) is 11.3 Å². The molecule has 1 heterocycles. The second-order valence-corrected chi connectivity index (χ2v) is 5.34. The third kappa shape index (κ3) is 3.80. The number of anilines is 1. The van der Waals surface area contributed by atoms with Gasteiger partial charge in [0.25, 0.3) is 0 Å². The molecule has 0 radical (unpaired) electrons. The Kier molecular flexibility index (Phi) is 4.53. The average Bonchev–Trinajstić information content (AvgIpc) is 2.82. The maximum absolute atomic E-state index is 5.73. The van der Waals surface area contributed by atoms with Crippen LogP contribution < -0.4 is 11.1 Å². The van der Waals surface area contributed by atoms with Gasteiger partial charge in [0.2, 0.25) is 0 Å². The molecule has 5 heteroatoms. The van der Waals surface area contributed by atoms with Crippen LogP contribution >= 0.6 is 27.3 Å². The van der Waals surface area contributed by atoms with Crippen LogP contribution in [-0.4, -0.2) is 11.5 Å². The highest BCUT2D eigenvalue weighted by Gasteiger charge is 1.98. The van der Waals surface area contributed by atoms with Gasteiger partial charge in [-0.1, -0.05) is 6.07 Å². The number of nitrogens with zero attached hydrogens (tertiary/aromatic N) is 1. The minimum Gasteiger partial charge on any atom is -0.398 e. The summed E-state index contributed by atoms with van der Waals surface area (Å²) in [5.41, 5.74) is 10.8. The van der Waals surface area contributed by atoms with E-state index in [2.05, 4.69) is 31.6 Å². The molecule has 17 heavy (non-hydrogen) atoms. The van der Waals surface area contributed by atoms with Crippen molar-refractivity contribution < 1.29 is 0 Å². The van der Waals surface area contributed by atoms with E-state index in [1.807, 2.05) is 23.7 Å². The molecule has 2 aromatic rings. The van der Waals surface area contributed by atoms with Gasteiger partial charge in [-0.15, -0.1) is 11.3 Å². The Morgan fingerprint density at radius 3 is 3.00 bits per heavy atom. The van der Waals surface area contributed by atoms with Gasteiger partial charge in [-0.05, 0) is 33.6 Å². The summed E-state index contributed by atoms with van der Waals surface area (Å²) < 4.78 is 0.955. The maximum Gasteiger partial charge on any atom is 0.0794 e. The standard InChI is InChI=1S/C12H14BrN3S/c13-11-5-9(1-2-12(11)14)6-15-4-3-10-7-17-8-16-10/h1-2,5,7-8,15H,3-4,6,14H2. The number of hydrogen-bond donors (Lipinski definition) is 2. The molecule has 1 aromatic heterocycles. The lowest BCUT2D eigenvalue weighted by Gasteiger charge is -2.05. The van der Waals surface area contributed by atoms with E-state index >= 15 is 0 Å². The van der Waals surface area contributed by atoms with Gasteiger partial charge in [-0.2, -0.15) is 0 Å². The first-order valence-electron chi connectivity index (χ1n) is 5.37. The number of hydrogen-bond acceptors (Lipinski definition) is 4. The van der Waals surface area contributed by atoms with Crippen LogP contribution in [0.3, 0.4) is 0 Å². The summed E-state index contributed by atoms with van der Waals surface area (Å²) in [6.07, 6.45) is 0.972. The van der Waals surface area contributed by atoms with Gasteiger partial charge in [0.15, 0.2) is 0 Å². The van der Waals surface area contributed by atoms with Gasteiger partial charge in [0.05, 0.1) is 11.2 Å². The van der Waals surface area contributed by atoms with Gasteiger partial charge in [-0.3, -0.25) is 0 Å². The number of nitrogen functional groups attached to an aromatic ring is 1. The molecule has 0 aliphatic carbocycles. The van der Waals surface area contributed by atoms with Gasteiger partial charge >= 0.3 is 0 Å². The summed E-state index contributed by atoms with van der Waals surface area (Å²) >= 11 is 5.06. The zero-order valence-electron chi connectivity index (χ0n) is 9.32. The van der Waals surface area contributed by atoms with E-state index < -0.39 is 0 Å². The van der Waals surface area contributed by atoms with Crippen molar-refractivity contribution in [3.8, 4) is 0 Å². The highest BCUT2D eigenvalue weighted by Crippen LogP contribution is 2.20. The summed E-state index contributed by atoms with van der Waals surface area (Å²) in [5.74, 6) is 0. The van der Waals surface area contributed by atoms with Crippen molar-refractivity contribution in [1.82, 2.24) is 10.3 Å². The van der Waals surface area contributed by atoms with E-state index in [4.69, 9.17) is 5.73 Å². The molecule has 0 saturated heterocycles. The van der Waals surface area contributed by atoms with E-state index in [-0.39, 0.29) is 0 Å². The lowest BCUT2D eigenvalue weighted by molar-refractivity contribution is 0.681. The lowest BCUT2D eigenvalue weighted by atomic mass is 10.2. The normalized spacial score (nSPS) is 10.6. The summed E-state index contributed by atoms with van der Waals surface area (Å²) in [5, 5.41) is 5.47. The molecule has 3 N–H and O–H groups in total. The molecule has 0 aliphatic heterocycles. The summed E-state index contributed by atoms with van der Waals surface area (Å²) in [4.78, 5) is 4.24. The molecule has 0 saturated carbocycles. The molecule has 1 aromatic carbocycles. The molecule has 0 atom stereocenters. The Morgan fingerprint density at radius 1 is 1.41 bits per heavy atom. The van der Waals surface area contributed by atoms with Gasteiger partial charge in [0.1, 0.15) is 0 Å². The summed E-state index contributed by atoms with van der Waals surface area (Å²) in [6, 6.07) is 6.00. The molecule has 0 bridgehead atoms. The minimum absolute atomic E-state index is 0.774. The number of rotatable bonds is 5. The lowest BCUT2D eigenvalue weighted by Crippen LogP contribution is -2.16. The minimum atomic E-state index is 0.774. The second kappa shape index (κ2) is 6.14. The van der Waals surface area contributed by atoms with Crippen LogP contribution in [0.1, 0.15) is 11.3 Å². The molecule has 0 aliphatic rings. The predicted molar refractivity (Wildman–Crippen MR) is 76.1 cm³/mol. The van der Waals surface area contributed by atoms with Crippen molar-refractivity contribution in [2.75, 3.05) is 12.3 Å². The average molecular weight is 312 g/mol. The summed E-state index contributed by atoms with van der Waals surface area (Å²) in [7, 11) is 0. The van der Waals surface area contributed by atoms with Crippen LogP contribution in [0.2, 0.25) is 0 Å². The van der Waals surface area contributed by atoms with E-state index in [0.29, 0.717) is 0 Å². The Labute approximate surface area is 113 Å². The number of nitrogens with one attached hydrogen (secondary N) is 1. The first-order valence-corrected chi connectivity index (χ1v) is 7.11. The van der Waals surface area contributed by atoms with Gasteiger partial charge < -0.3 is 11.1 Å². The Hall–Kier alpha value is -0.910. The fourth-order valence-electron chi connectivity index (χ4n) is 1.49. The van der Waals surface area contributed by atoms with E-state index in [0.717, 1.165) is 35.4 Å². The highest BCUT2D eigenvalue weighted by atomic mass is 79.9. The number of halogens is 1. The third-order valence-corrected chi connectivity index (χ3v) is 3.76. The number of thiazole rings is 1. The molecular weight excluding hydrogens is 298 g/mol. The van der Waals surface area contributed by atoms with Crippen LogP contribution in [0.15, 0.2) is 33.6 Å². The highest BCUT2D eigenvalue weighted by molar-refractivity contribution is 9.10. The molecule has 0 amide bonds. The third-order valence-electron chi connectivity index (χ3n) is 2.44. The molecule has 90 valence electrons. The SMILES string of the molecule is Nc1ccc(CNCCc2cscn2)cc1Br. The largest absolute Gasteiger partial charge is 0.398 e. The fraction of sp³-hybridized carbons (Fsp3) is 0.250. The van der Waals surface area contributed by atoms with Crippen molar-refractivity contribution in [2.45, 2.75) is 13.0 Å². The quantitative estimate of drug-likeness (QED) is 0.659. The zero-order chi connectivity index (χ0) is 12.1. The van der Waals surface area contributed by atoms with Gasteiger partial charge in [-0.25, -0.2) is 4.98 Å². The van der Waals surface area contributed by atoms with Crippen LogP contribution in [-0.2, 0) is 13.0 Å². The molecule has 0 unspecified atom stereocenters. The molecular formula is C12H14BrN3S. The van der Waals surface area contributed by atoms with Crippen molar-refractivity contribution in [2.24, 2.45) is 0 Å². The number of nitrogens with two attached hydrogens (primary N) is 1. The fourth-order valence-corrected chi connectivity index (χ4v) is 2.51. The molecule has 2 rings (SSSR count). The van der Waals surface area contributed by atoms with Crippen molar-refractivity contribution in [3.05, 3.63) is 44.8 Å². The van der Waals surface area contributed by atoms with Crippen molar-refractivity contribution in [1.29, 1.82) is 0 Å². The number of aromatic nitrogens is 1. The van der Waals surface area contributed by atoms with Crippen molar-refractivity contribution in [3.63, 3.8) is 0 Å². The van der Waals surface area contributed by atoms with Crippen LogP contribution in [0, 0.1) is 0 Å². The van der Waals surface area contributed by atoms with Gasteiger partial charge in [0, 0.05) is 35.1 Å².